The first-order valence-corrected chi connectivity index (χ1v) is 7.94. The van der Waals surface area contributed by atoms with Crippen LogP contribution in [-0.2, 0) is 11.3 Å². The van der Waals surface area contributed by atoms with Crippen molar-refractivity contribution in [1.29, 1.82) is 0 Å². The molecule has 0 aromatic heterocycles. The minimum atomic E-state index is -0.312. The predicted molar refractivity (Wildman–Crippen MR) is 92.3 cm³/mol. The van der Waals surface area contributed by atoms with E-state index in [1.165, 1.54) is 0 Å². The summed E-state index contributed by atoms with van der Waals surface area (Å²) in [5, 5.41) is 3.96. The fourth-order valence-electron chi connectivity index (χ4n) is 2.12. The summed E-state index contributed by atoms with van der Waals surface area (Å²) in [7, 11) is 0. The molecule has 0 saturated carbocycles. The van der Waals surface area contributed by atoms with Crippen molar-refractivity contribution >= 4 is 23.3 Å². The summed E-state index contributed by atoms with van der Waals surface area (Å²) in [6.45, 7) is 5.28. The number of hydrogen-bond acceptors (Lipinski definition) is 4. The molecule has 2 aromatic carbocycles. The Bertz CT molecular complexity index is 656. The molecule has 0 aliphatic carbocycles. The molecule has 0 bridgehead atoms. The second-order valence-electron chi connectivity index (χ2n) is 4.84. The smallest absolute Gasteiger partial charge is 0.338 e. The molecular formula is C18H20ClNO3. The van der Waals surface area contributed by atoms with E-state index in [2.05, 4.69) is 5.32 Å². The lowest BCUT2D eigenvalue weighted by atomic mass is 10.1. The van der Waals surface area contributed by atoms with Crippen LogP contribution < -0.4 is 10.1 Å². The van der Waals surface area contributed by atoms with E-state index in [0.29, 0.717) is 30.3 Å². The van der Waals surface area contributed by atoms with Gasteiger partial charge in [0.1, 0.15) is 5.75 Å². The number of anilines is 1. The summed E-state index contributed by atoms with van der Waals surface area (Å²) in [6, 6.07) is 12.7. The molecule has 0 unspecified atom stereocenters. The van der Waals surface area contributed by atoms with Crippen molar-refractivity contribution in [2.75, 3.05) is 18.5 Å². The van der Waals surface area contributed by atoms with E-state index in [1.807, 2.05) is 37.3 Å². The van der Waals surface area contributed by atoms with Gasteiger partial charge >= 0.3 is 5.97 Å². The second-order valence-corrected chi connectivity index (χ2v) is 5.27. The fraction of sp³-hybridized carbons (Fsp3) is 0.278. The summed E-state index contributed by atoms with van der Waals surface area (Å²) < 4.78 is 10.6. The molecule has 2 rings (SSSR count). The van der Waals surface area contributed by atoms with Gasteiger partial charge in [-0.05, 0) is 56.3 Å². The third-order valence-corrected chi connectivity index (χ3v) is 3.44. The van der Waals surface area contributed by atoms with Gasteiger partial charge in [-0.25, -0.2) is 4.79 Å². The van der Waals surface area contributed by atoms with Crippen LogP contribution in [0.25, 0.3) is 0 Å². The maximum absolute atomic E-state index is 11.6. The molecule has 122 valence electrons. The minimum Gasteiger partial charge on any atom is -0.494 e. The summed E-state index contributed by atoms with van der Waals surface area (Å²) in [6.07, 6.45) is 0. The number of hydrogen-bond donors (Lipinski definition) is 1. The van der Waals surface area contributed by atoms with E-state index in [4.69, 9.17) is 21.1 Å². The van der Waals surface area contributed by atoms with Crippen LogP contribution in [0.3, 0.4) is 0 Å². The topological polar surface area (TPSA) is 47.6 Å². The van der Waals surface area contributed by atoms with E-state index in [1.54, 1.807) is 19.1 Å². The van der Waals surface area contributed by atoms with Crippen LogP contribution in [-0.4, -0.2) is 19.2 Å². The van der Waals surface area contributed by atoms with Gasteiger partial charge < -0.3 is 14.8 Å². The molecule has 0 heterocycles. The number of carbonyl (C=O) groups excluding carboxylic acids is 1. The van der Waals surface area contributed by atoms with E-state index in [0.717, 1.165) is 17.0 Å². The zero-order chi connectivity index (χ0) is 16.7. The highest BCUT2D eigenvalue weighted by Crippen LogP contribution is 2.24. The van der Waals surface area contributed by atoms with Crippen molar-refractivity contribution in [2.45, 2.75) is 20.4 Å². The Morgan fingerprint density at radius 3 is 2.48 bits per heavy atom. The van der Waals surface area contributed by atoms with E-state index < -0.39 is 0 Å². The highest BCUT2D eigenvalue weighted by Gasteiger charge is 2.07. The van der Waals surface area contributed by atoms with Gasteiger partial charge in [0.05, 0.1) is 18.8 Å². The van der Waals surface area contributed by atoms with Crippen molar-refractivity contribution in [3.63, 3.8) is 0 Å². The SMILES string of the molecule is CCOC(=O)c1ccc(NCc2cc(Cl)ccc2OCC)cc1. The zero-order valence-electron chi connectivity index (χ0n) is 13.3. The number of nitrogens with one attached hydrogen (secondary N) is 1. The van der Waals surface area contributed by atoms with Gasteiger partial charge in [0, 0.05) is 22.8 Å². The van der Waals surface area contributed by atoms with Crippen molar-refractivity contribution < 1.29 is 14.3 Å². The van der Waals surface area contributed by atoms with E-state index >= 15 is 0 Å². The zero-order valence-corrected chi connectivity index (χ0v) is 14.0. The maximum atomic E-state index is 11.6. The number of benzene rings is 2. The molecule has 0 spiro atoms. The minimum absolute atomic E-state index is 0.312. The van der Waals surface area contributed by atoms with Gasteiger partial charge in [0.25, 0.3) is 0 Å². The van der Waals surface area contributed by atoms with Crippen molar-refractivity contribution in [1.82, 2.24) is 0 Å². The summed E-state index contributed by atoms with van der Waals surface area (Å²) >= 11 is 6.05. The molecule has 0 atom stereocenters. The average Bonchev–Trinajstić information content (AvgIpc) is 2.56. The Balaban J connectivity index is 2.03. The van der Waals surface area contributed by atoms with Crippen LogP contribution in [0, 0.1) is 0 Å². The molecule has 0 radical (unpaired) electrons. The van der Waals surface area contributed by atoms with Gasteiger partial charge in [-0.15, -0.1) is 0 Å². The van der Waals surface area contributed by atoms with Crippen LogP contribution in [0.1, 0.15) is 29.8 Å². The van der Waals surface area contributed by atoms with Gasteiger partial charge in [0.15, 0.2) is 0 Å². The first kappa shape index (κ1) is 17.2. The average molecular weight is 334 g/mol. The molecule has 2 aromatic rings. The molecule has 4 nitrogen and oxygen atoms in total. The molecular weight excluding hydrogens is 314 g/mol. The van der Waals surface area contributed by atoms with Crippen molar-refractivity contribution in [2.24, 2.45) is 0 Å². The van der Waals surface area contributed by atoms with Gasteiger partial charge in [-0.3, -0.25) is 0 Å². The first-order chi connectivity index (χ1) is 11.1. The van der Waals surface area contributed by atoms with Crippen LogP contribution in [0.4, 0.5) is 5.69 Å². The highest BCUT2D eigenvalue weighted by atomic mass is 35.5. The van der Waals surface area contributed by atoms with Crippen LogP contribution in [0.15, 0.2) is 42.5 Å². The first-order valence-electron chi connectivity index (χ1n) is 7.56. The number of rotatable bonds is 7. The maximum Gasteiger partial charge on any atom is 0.338 e. The Morgan fingerprint density at radius 1 is 1.09 bits per heavy atom. The molecule has 1 N–H and O–H groups in total. The van der Waals surface area contributed by atoms with Crippen LogP contribution in [0.5, 0.6) is 5.75 Å². The highest BCUT2D eigenvalue weighted by molar-refractivity contribution is 6.30. The standard InChI is InChI=1S/C18H20ClNO3/c1-3-22-17-10-7-15(19)11-14(17)12-20-16-8-5-13(6-9-16)18(21)23-4-2/h5-11,20H,3-4,12H2,1-2H3. The number of halogens is 1. The fourth-order valence-corrected chi connectivity index (χ4v) is 2.31. The summed E-state index contributed by atoms with van der Waals surface area (Å²) in [5.74, 6) is 0.500. The molecule has 0 aliphatic rings. The molecule has 0 fully saturated rings. The van der Waals surface area contributed by atoms with Crippen LogP contribution in [0.2, 0.25) is 5.02 Å². The van der Waals surface area contributed by atoms with Crippen molar-refractivity contribution in [3.8, 4) is 5.75 Å². The Hall–Kier alpha value is -2.20. The summed E-state index contributed by atoms with van der Waals surface area (Å²) in [5.41, 5.74) is 2.42. The lowest BCUT2D eigenvalue weighted by Crippen LogP contribution is -2.06. The molecule has 0 amide bonds. The monoisotopic (exact) mass is 333 g/mol. The number of ether oxygens (including phenoxy) is 2. The second kappa shape index (κ2) is 8.44. The summed E-state index contributed by atoms with van der Waals surface area (Å²) in [4.78, 5) is 11.6. The number of carbonyl (C=O) groups is 1. The molecule has 0 aliphatic heterocycles. The third-order valence-electron chi connectivity index (χ3n) is 3.20. The molecule has 5 heteroatoms. The normalized spacial score (nSPS) is 10.2. The lowest BCUT2D eigenvalue weighted by Gasteiger charge is -2.12. The molecule has 0 saturated heterocycles. The van der Waals surface area contributed by atoms with Gasteiger partial charge in [-0.1, -0.05) is 11.6 Å². The van der Waals surface area contributed by atoms with Crippen LogP contribution >= 0.6 is 11.6 Å². The third kappa shape index (κ3) is 4.89. The van der Waals surface area contributed by atoms with E-state index in [-0.39, 0.29) is 5.97 Å². The van der Waals surface area contributed by atoms with Crippen molar-refractivity contribution in [3.05, 3.63) is 58.6 Å². The van der Waals surface area contributed by atoms with Gasteiger partial charge in [-0.2, -0.15) is 0 Å². The van der Waals surface area contributed by atoms with E-state index in [9.17, 15) is 4.79 Å². The lowest BCUT2D eigenvalue weighted by molar-refractivity contribution is 0.0526. The Kier molecular flexibility index (Phi) is 6.29. The Labute approximate surface area is 141 Å². The van der Waals surface area contributed by atoms with Gasteiger partial charge in [0.2, 0.25) is 0 Å². The predicted octanol–water partition coefficient (Wildman–Crippen LogP) is 4.53. The largest absolute Gasteiger partial charge is 0.494 e. The quantitative estimate of drug-likeness (QED) is 0.756. The number of esters is 1. The molecule has 23 heavy (non-hydrogen) atoms. The Morgan fingerprint density at radius 2 is 1.83 bits per heavy atom.